The third kappa shape index (κ3) is 2.89. The maximum absolute atomic E-state index is 6.69. The van der Waals surface area contributed by atoms with E-state index in [-0.39, 0.29) is 0 Å². The number of hydrogen-bond donors (Lipinski definition) is 1. The molecule has 2 aromatic heterocycles. The molecule has 26 heavy (non-hydrogen) atoms. The molecule has 2 heterocycles. The van der Waals surface area contributed by atoms with Gasteiger partial charge in [0.1, 0.15) is 12.4 Å². The Kier molecular flexibility index (Phi) is 4.47. The molecular formula is C21H22ClN3O. The van der Waals surface area contributed by atoms with Crippen molar-refractivity contribution >= 4 is 44.2 Å². The Bertz CT molecular complexity index is 1100. The van der Waals surface area contributed by atoms with Crippen LogP contribution in [-0.4, -0.2) is 42.1 Å². The molecule has 0 aliphatic heterocycles. The highest BCUT2D eigenvalue weighted by atomic mass is 35.5. The zero-order valence-corrected chi connectivity index (χ0v) is 16.0. The summed E-state index contributed by atoms with van der Waals surface area (Å²) < 4.78 is 5.88. The molecule has 0 bridgehead atoms. The summed E-state index contributed by atoms with van der Waals surface area (Å²) in [6.07, 6.45) is 4.79. The van der Waals surface area contributed by atoms with Gasteiger partial charge in [-0.1, -0.05) is 24.6 Å². The van der Waals surface area contributed by atoms with Crippen LogP contribution in [0.4, 0.5) is 0 Å². The van der Waals surface area contributed by atoms with Gasteiger partial charge in [-0.2, -0.15) is 0 Å². The molecular weight excluding hydrogens is 346 g/mol. The van der Waals surface area contributed by atoms with Crippen LogP contribution in [0.2, 0.25) is 5.02 Å². The Morgan fingerprint density at radius 3 is 2.77 bits per heavy atom. The van der Waals surface area contributed by atoms with E-state index < -0.39 is 0 Å². The molecule has 0 atom stereocenters. The Morgan fingerprint density at radius 1 is 1.15 bits per heavy atom. The Morgan fingerprint density at radius 2 is 2.00 bits per heavy atom. The van der Waals surface area contributed by atoms with Crippen LogP contribution in [0.25, 0.3) is 32.6 Å². The number of aromatic nitrogens is 2. The third-order valence-corrected chi connectivity index (χ3v) is 5.08. The maximum atomic E-state index is 6.69. The van der Waals surface area contributed by atoms with Crippen molar-refractivity contribution in [2.75, 3.05) is 27.2 Å². The molecule has 1 N–H and O–H groups in total. The van der Waals surface area contributed by atoms with E-state index in [9.17, 15) is 0 Å². The Labute approximate surface area is 157 Å². The van der Waals surface area contributed by atoms with Gasteiger partial charge in [0.25, 0.3) is 0 Å². The number of pyridine rings is 1. The number of ether oxygens (including phenoxy) is 1. The number of benzene rings is 2. The fourth-order valence-electron chi connectivity index (χ4n) is 3.45. The molecule has 5 heteroatoms. The smallest absolute Gasteiger partial charge is 0.121 e. The molecule has 0 spiro atoms. The van der Waals surface area contributed by atoms with Crippen molar-refractivity contribution in [2.24, 2.45) is 0 Å². The number of H-pyrrole nitrogens is 1. The minimum atomic E-state index is 0.633. The number of fused-ring (bicyclic) bond motifs is 5. The topological polar surface area (TPSA) is 41.1 Å². The lowest BCUT2D eigenvalue weighted by Gasteiger charge is -2.12. The first-order chi connectivity index (χ1) is 12.6. The van der Waals surface area contributed by atoms with Gasteiger partial charge < -0.3 is 14.6 Å². The van der Waals surface area contributed by atoms with Gasteiger partial charge in [-0.3, -0.25) is 4.98 Å². The fraction of sp³-hybridized carbons (Fsp3) is 0.286. The van der Waals surface area contributed by atoms with Gasteiger partial charge in [0.05, 0.1) is 10.5 Å². The van der Waals surface area contributed by atoms with Gasteiger partial charge in [-0.05, 0) is 49.7 Å². The van der Waals surface area contributed by atoms with Crippen LogP contribution in [0.5, 0.6) is 5.75 Å². The first kappa shape index (κ1) is 17.1. The highest BCUT2D eigenvalue weighted by molar-refractivity contribution is 6.39. The highest BCUT2D eigenvalue weighted by Crippen LogP contribution is 2.38. The summed E-state index contributed by atoms with van der Waals surface area (Å²) in [6.45, 7) is 3.64. The molecule has 0 saturated carbocycles. The predicted molar refractivity (Wildman–Crippen MR) is 110 cm³/mol. The third-order valence-electron chi connectivity index (χ3n) is 4.78. The molecule has 0 unspecified atom stereocenters. The van der Waals surface area contributed by atoms with Gasteiger partial charge in [-0.15, -0.1) is 0 Å². The Balaban J connectivity index is 1.89. The normalized spacial score (nSPS) is 11.9. The maximum Gasteiger partial charge on any atom is 0.121 e. The van der Waals surface area contributed by atoms with Crippen molar-refractivity contribution in [2.45, 2.75) is 13.3 Å². The summed E-state index contributed by atoms with van der Waals surface area (Å²) in [5, 5.41) is 5.08. The molecule has 4 aromatic rings. The minimum absolute atomic E-state index is 0.633. The van der Waals surface area contributed by atoms with E-state index in [4.69, 9.17) is 16.3 Å². The van der Waals surface area contributed by atoms with E-state index in [1.807, 2.05) is 32.6 Å². The van der Waals surface area contributed by atoms with Crippen LogP contribution in [0.15, 0.2) is 36.7 Å². The van der Waals surface area contributed by atoms with Crippen LogP contribution in [-0.2, 0) is 6.42 Å². The molecule has 0 aliphatic rings. The van der Waals surface area contributed by atoms with Crippen LogP contribution < -0.4 is 4.74 Å². The largest absolute Gasteiger partial charge is 0.492 e. The lowest BCUT2D eigenvalue weighted by molar-refractivity contribution is 0.261. The van der Waals surface area contributed by atoms with Crippen molar-refractivity contribution < 1.29 is 4.74 Å². The second-order valence-corrected chi connectivity index (χ2v) is 7.25. The minimum Gasteiger partial charge on any atom is -0.492 e. The van der Waals surface area contributed by atoms with Gasteiger partial charge in [0, 0.05) is 40.6 Å². The van der Waals surface area contributed by atoms with Gasteiger partial charge in [-0.25, -0.2) is 0 Å². The van der Waals surface area contributed by atoms with Crippen LogP contribution >= 0.6 is 11.6 Å². The number of hydrogen-bond acceptors (Lipinski definition) is 3. The molecule has 134 valence electrons. The van der Waals surface area contributed by atoms with Crippen molar-refractivity contribution in [3.05, 3.63) is 47.2 Å². The molecule has 0 saturated heterocycles. The number of nitrogens with one attached hydrogen (secondary N) is 1. The van der Waals surface area contributed by atoms with E-state index in [0.717, 1.165) is 51.3 Å². The molecule has 0 aliphatic carbocycles. The number of halogens is 1. The SMILES string of the molecule is CCc1cncc2c1[nH]c1ccc3cc(OCCN(C)C)cc(Cl)c3c12. The van der Waals surface area contributed by atoms with E-state index in [1.165, 1.54) is 5.56 Å². The zero-order chi connectivity index (χ0) is 18.3. The lowest BCUT2D eigenvalue weighted by Crippen LogP contribution is -2.19. The van der Waals surface area contributed by atoms with Crippen molar-refractivity contribution in [1.29, 1.82) is 0 Å². The van der Waals surface area contributed by atoms with Crippen LogP contribution in [0, 0.1) is 0 Å². The summed E-state index contributed by atoms with van der Waals surface area (Å²) in [4.78, 5) is 10.1. The second kappa shape index (κ2) is 6.78. The fourth-order valence-corrected chi connectivity index (χ4v) is 3.76. The zero-order valence-electron chi connectivity index (χ0n) is 15.3. The van der Waals surface area contributed by atoms with Crippen LogP contribution in [0.3, 0.4) is 0 Å². The molecule has 2 aromatic carbocycles. The summed E-state index contributed by atoms with van der Waals surface area (Å²) >= 11 is 6.69. The van der Waals surface area contributed by atoms with E-state index >= 15 is 0 Å². The van der Waals surface area contributed by atoms with E-state index in [0.29, 0.717) is 11.6 Å². The summed E-state index contributed by atoms with van der Waals surface area (Å²) in [5.41, 5.74) is 3.44. The number of likely N-dealkylation sites (N-methyl/N-ethyl adjacent to an activating group) is 1. The number of aryl methyl sites for hydroxylation is 1. The monoisotopic (exact) mass is 367 g/mol. The average molecular weight is 368 g/mol. The van der Waals surface area contributed by atoms with Gasteiger partial charge in [0.2, 0.25) is 0 Å². The molecule has 0 amide bonds. The molecule has 0 fully saturated rings. The van der Waals surface area contributed by atoms with Crippen LogP contribution in [0.1, 0.15) is 12.5 Å². The summed E-state index contributed by atoms with van der Waals surface area (Å²) in [7, 11) is 4.06. The predicted octanol–water partition coefficient (Wildman–Crippen LogP) is 5.03. The van der Waals surface area contributed by atoms with Crippen molar-refractivity contribution in [3.63, 3.8) is 0 Å². The van der Waals surface area contributed by atoms with E-state index in [2.05, 4.69) is 40.0 Å². The first-order valence-electron chi connectivity index (χ1n) is 8.86. The quantitative estimate of drug-likeness (QED) is 0.538. The molecule has 4 rings (SSSR count). The molecule has 4 nitrogen and oxygen atoms in total. The number of aromatic amines is 1. The highest BCUT2D eigenvalue weighted by Gasteiger charge is 2.14. The summed E-state index contributed by atoms with van der Waals surface area (Å²) in [5.74, 6) is 0.802. The Hall–Kier alpha value is -2.30. The lowest BCUT2D eigenvalue weighted by atomic mass is 10.0. The number of rotatable bonds is 5. The standard InChI is InChI=1S/C21H22ClN3O/c1-4-13-11-23-12-16-20-18(24-21(13)16)6-5-14-9-15(10-17(22)19(14)20)26-8-7-25(2)3/h5-6,9-12,24H,4,7-8H2,1-3H3. The molecule has 0 radical (unpaired) electrons. The second-order valence-electron chi connectivity index (χ2n) is 6.84. The van der Waals surface area contributed by atoms with E-state index in [1.54, 1.807) is 0 Å². The van der Waals surface area contributed by atoms with Crippen molar-refractivity contribution in [1.82, 2.24) is 14.9 Å². The van der Waals surface area contributed by atoms with Crippen molar-refractivity contribution in [3.8, 4) is 5.75 Å². The first-order valence-corrected chi connectivity index (χ1v) is 9.24. The number of nitrogens with zero attached hydrogens (tertiary/aromatic N) is 2. The van der Waals surface area contributed by atoms with Gasteiger partial charge >= 0.3 is 0 Å². The summed E-state index contributed by atoms with van der Waals surface area (Å²) in [6, 6.07) is 8.18. The average Bonchev–Trinajstić information content (AvgIpc) is 3.00. The van der Waals surface area contributed by atoms with Gasteiger partial charge in [0.15, 0.2) is 0 Å².